The Morgan fingerprint density at radius 2 is 1.68 bits per heavy atom. The van der Waals surface area contributed by atoms with Crippen molar-refractivity contribution in [3.8, 4) is 11.4 Å². The zero-order valence-electron chi connectivity index (χ0n) is 32.4. The maximum Gasteiger partial charge on any atom is 0.328 e. The molecule has 5 aliphatic rings. The van der Waals surface area contributed by atoms with Crippen molar-refractivity contribution in [1.82, 2.24) is 24.7 Å². The number of nitrogens with one attached hydrogen (secondary N) is 1. The summed E-state index contributed by atoms with van der Waals surface area (Å²) < 4.78 is 8.56. The molecule has 1 N–H and O–H groups in total. The van der Waals surface area contributed by atoms with E-state index in [0.717, 1.165) is 92.2 Å². The summed E-state index contributed by atoms with van der Waals surface area (Å²) in [5, 5.41) is 3.29. The first-order chi connectivity index (χ1) is 27.0. The summed E-state index contributed by atoms with van der Waals surface area (Å²) in [5.74, 6) is 2.67. The molecule has 11 nitrogen and oxygen atoms in total. The molecule has 1 saturated carbocycles. The summed E-state index contributed by atoms with van der Waals surface area (Å²) in [6.45, 7) is 11.1. The number of ether oxygens (including phenoxy) is 1. The van der Waals surface area contributed by atoms with E-state index in [4.69, 9.17) is 16.3 Å². The van der Waals surface area contributed by atoms with Crippen molar-refractivity contribution in [2.75, 3.05) is 44.2 Å². The van der Waals surface area contributed by atoms with Crippen molar-refractivity contribution in [3.05, 3.63) is 92.5 Å². The van der Waals surface area contributed by atoms with Gasteiger partial charge in [-0.3, -0.25) is 29.2 Å². The average Bonchev–Trinajstić information content (AvgIpc) is 3.39. The molecular weight excluding hydrogens is 728 g/mol. The molecule has 1 aromatic heterocycles. The molecule has 0 atom stereocenters. The molecule has 0 unspecified atom stereocenters. The maximum absolute atomic E-state index is 13.5. The predicted octanol–water partition coefficient (Wildman–Crippen LogP) is 6.71. The van der Waals surface area contributed by atoms with Crippen molar-refractivity contribution in [3.63, 3.8) is 0 Å². The number of urea groups is 1. The second kappa shape index (κ2) is 14.3. The van der Waals surface area contributed by atoms with Crippen LogP contribution in [0.4, 0.5) is 10.5 Å². The van der Waals surface area contributed by atoms with Crippen LogP contribution in [0.25, 0.3) is 16.6 Å². The molecule has 9 rings (SSSR count). The minimum absolute atomic E-state index is 0.00282. The molecule has 292 valence electrons. The third kappa shape index (κ3) is 6.46. The number of hydrogen-bond acceptors (Lipinski definition) is 7. The molecule has 4 aliphatic heterocycles. The van der Waals surface area contributed by atoms with Crippen LogP contribution in [0.3, 0.4) is 0 Å². The van der Waals surface area contributed by atoms with Crippen LogP contribution in [0.2, 0.25) is 5.02 Å². The molecular formula is C44H49ClN6O5. The molecule has 3 aromatic carbocycles. The van der Waals surface area contributed by atoms with E-state index in [0.29, 0.717) is 47.8 Å². The smallest absolute Gasteiger partial charge is 0.328 e. The second-order valence-corrected chi connectivity index (χ2v) is 17.4. The second-order valence-electron chi connectivity index (χ2n) is 17.0. The van der Waals surface area contributed by atoms with Gasteiger partial charge >= 0.3 is 6.03 Å². The van der Waals surface area contributed by atoms with Crippen molar-refractivity contribution < 1.29 is 19.1 Å². The van der Waals surface area contributed by atoms with E-state index in [2.05, 4.69) is 51.8 Å². The Morgan fingerprint density at radius 1 is 0.929 bits per heavy atom. The molecule has 0 bridgehead atoms. The topological polar surface area (TPSA) is 117 Å². The third-order valence-corrected chi connectivity index (χ3v) is 13.5. The number of halogens is 1. The van der Waals surface area contributed by atoms with Crippen LogP contribution in [0.15, 0.2) is 59.4 Å². The highest BCUT2D eigenvalue weighted by Gasteiger charge is 2.41. The number of hydrogen-bond donors (Lipinski definition) is 1. The number of likely N-dealkylation sites (tertiary alicyclic amines) is 2. The van der Waals surface area contributed by atoms with Gasteiger partial charge in [-0.2, -0.15) is 4.98 Å². The summed E-state index contributed by atoms with van der Waals surface area (Å²) in [4.78, 5) is 61.4. The number of rotatable bonds is 7. The van der Waals surface area contributed by atoms with E-state index in [-0.39, 0.29) is 29.9 Å². The van der Waals surface area contributed by atoms with E-state index >= 15 is 0 Å². The van der Waals surface area contributed by atoms with Gasteiger partial charge in [0, 0.05) is 56.9 Å². The van der Waals surface area contributed by atoms with Gasteiger partial charge in [0.05, 0.1) is 32.7 Å². The summed E-state index contributed by atoms with van der Waals surface area (Å²) >= 11 is 6.50. The largest absolute Gasteiger partial charge is 0.490 e. The Balaban J connectivity index is 0.753. The first kappa shape index (κ1) is 36.9. The number of benzene rings is 3. The normalized spacial score (nSPS) is 22.8. The minimum atomic E-state index is -0.404. The van der Waals surface area contributed by atoms with Gasteiger partial charge < -0.3 is 14.5 Å². The zero-order valence-corrected chi connectivity index (χ0v) is 33.1. The number of carbonyl (C=O) groups excluding carboxylic acids is 3. The lowest BCUT2D eigenvalue weighted by molar-refractivity contribution is -0.142. The fourth-order valence-corrected chi connectivity index (χ4v) is 10.1. The highest BCUT2D eigenvalue weighted by molar-refractivity contribution is 6.35. The SMILES string of the molecule is Cc1c(OC2CCN(C(=O)C3CC(CN4CCC(c5ccc6c(c5)-n5c(nc(=O)c7c(Cl)cccc75)C6(C)C)CC4)C3)CC2)cccc1N1CCC(=O)NC1=O. The van der Waals surface area contributed by atoms with Crippen LogP contribution in [0.1, 0.15) is 87.2 Å². The molecule has 12 heteroatoms. The van der Waals surface area contributed by atoms with E-state index in [1.165, 1.54) is 11.1 Å². The Kier molecular flexibility index (Phi) is 9.43. The van der Waals surface area contributed by atoms with Crippen LogP contribution in [-0.4, -0.2) is 82.6 Å². The Labute approximate surface area is 331 Å². The molecule has 4 fully saturated rings. The lowest BCUT2D eigenvalue weighted by atomic mass is 9.73. The van der Waals surface area contributed by atoms with Gasteiger partial charge in [-0.25, -0.2) is 4.79 Å². The summed E-state index contributed by atoms with van der Waals surface area (Å²) in [6, 6.07) is 17.7. The van der Waals surface area contributed by atoms with E-state index < -0.39 is 11.4 Å². The number of carbonyl (C=O) groups is 3. The van der Waals surface area contributed by atoms with Gasteiger partial charge in [0.1, 0.15) is 17.7 Å². The van der Waals surface area contributed by atoms with Crippen molar-refractivity contribution in [2.45, 2.75) is 83.2 Å². The summed E-state index contributed by atoms with van der Waals surface area (Å²) in [7, 11) is 0. The monoisotopic (exact) mass is 776 g/mol. The standard InChI is InChI=1S/C44H49ClN6O5/c1-26-34(50-21-16-38(52)46-43(50)55)7-5-9-37(26)56-31-14-19-49(20-15-31)41(54)30-22-27(23-30)25-48-17-12-28(13-18-48)29-10-11-32-36(24-29)51-35-8-4-6-33(45)39(35)40(53)47-42(51)44(32,2)3/h4-11,24,27-28,30-31H,12-23,25H2,1-3H3,(H,46,52,55). The third-order valence-electron chi connectivity index (χ3n) is 13.2. The van der Waals surface area contributed by atoms with Crippen molar-refractivity contribution in [1.29, 1.82) is 0 Å². The fraction of sp³-hybridized carbons (Fsp3) is 0.477. The van der Waals surface area contributed by atoms with Gasteiger partial charge in [0.25, 0.3) is 5.56 Å². The molecule has 4 aromatic rings. The molecule has 1 aliphatic carbocycles. The van der Waals surface area contributed by atoms with Gasteiger partial charge in [0.2, 0.25) is 11.8 Å². The van der Waals surface area contributed by atoms with Crippen LogP contribution in [0, 0.1) is 18.8 Å². The van der Waals surface area contributed by atoms with E-state index in [9.17, 15) is 19.2 Å². The lowest BCUT2D eigenvalue weighted by Gasteiger charge is -2.43. The summed E-state index contributed by atoms with van der Waals surface area (Å²) in [5.41, 5.74) is 5.35. The van der Waals surface area contributed by atoms with Gasteiger partial charge in [-0.05, 0) is 113 Å². The minimum Gasteiger partial charge on any atom is -0.490 e. The number of imide groups is 1. The number of aromatic nitrogens is 2. The quantitative estimate of drug-likeness (QED) is 0.222. The number of fused-ring (bicyclic) bond motifs is 5. The van der Waals surface area contributed by atoms with Crippen LogP contribution >= 0.6 is 11.6 Å². The number of amides is 4. The Bertz CT molecular complexity index is 2300. The number of anilines is 1. The molecule has 5 heterocycles. The van der Waals surface area contributed by atoms with Gasteiger partial charge in [-0.15, -0.1) is 0 Å². The van der Waals surface area contributed by atoms with E-state index in [1.54, 1.807) is 11.0 Å². The first-order valence-electron chi connectivity index (χ1n) is 20.2. The Morgan fingerprint density at radius 3 is 2.43 bits per heavy atom. The average molecular weight is 777 g/mol. The lowest BCUT2D eigenvalue weighted by Crippen LogP contribution is -2.50. The zero-order chi connectivity index (χ0) is 38.9. The van der Waals surface area contributed by atoms with Crippen LogP contribution < -0.4 is 20.5 Å². The predicted molar refractivity (Wildman–Crippen MR) is 216 cm³/mol. The molecule has 3 saturated heterocycles. The first-order valence-corrected chi connectivity index (χ1v) is 20.6. The highest BCUT2D eigenvalue weighted by atomic mass is 35.5. The molecule has 0 spiro atoms. The molecule has 0 radical (unpaired) electrons. The molecule has 56 heavy (non-hydrogen) atoms. The Hall–Kier alpha value is -4.74. The fourth-order valence-electron chi connectivity index (χ4n) is 9.88. The van der Waals surface area contributed by atoms with Gasteiger partial charge in [0.15, 0.2) is 0 Å². The van der Waals surface area contributed by atoms with Crippen molar-refractivity contribution in [2.24, 2.45) is 11.8 Å². The number of piperidine rings is 2. The highest BCUT2D eigenvalue weighted by Crippen LogP contribution is 2.45. The maximum atomic E-state index is 13.5. The van der Waals surface area contributed by atoms with Crippen molar-refractivity contribution >= 4 is 46.0 Å². The molecule has 4 amide bonds. The summed E-state index contributed by atoms with van der Waals surface area (Å²) in [6.07, 6.45) is 5.93. The number of nitrogens with zero attached hydrogens (tertiary/aromatic N) is 5. The van der Waals surface area contributed by atoms with Gasteiger partial charge in [-0.1, -0.05) is 35.9 Å². The van der Waals surface area contributed by atoms with Crippen LogP contribution in [0.5, 0.6) is 5.75 Å². The van der Waals surface area contributed by atoms with E-state index in [1.807, 2.05) is 42.2 Å². The van der Waals surface area contributed by atoms with Crippen LogP contribution in [-0.2, 0) is 15.0 Å².